The monoisotopic (exact) mass is 480 g/mol. The highest BCUT2D eigenvalue weighted by molar-refractivity contribution is 14.0. The third-order valence-electron chi connectivity index (χ3n) is 3.48. The molecule has 6 nitrogen and oxygen atoms in total. The average Bonchev–Trinajstić information content (AvgIpc) is 2.58. The zero-order valence-electron chi connectivity index (χ0n) is 15.9. The number of hydrogen-bond donors (Lipinski definition) is 2. The summed E-state index contributed by atoms with van der Waals surface area (Å²) in [5.41, 5.74) is 0. The number of hydrogen-bond acceptors (Lipinski definition) is 3. The molecule has 1 rings (SSSR count). The minimum atomic E-state index is -0.323. The number of aliphatic imine (C=N–C) groups is 1. The maximum atomic E-state index is 13.2. The fourth-order valence-electron chi connectivity index (χ4n) is 2.03. The Balaban J connectivity index is 0.00000625. The van der Waals surface area contributed by atoms with Crippen molar-refractivity contribution in [3.8, 4) is 5.75 Å². The van der Waals surface area contributed by atoms with E-state index in [2.05, 4.69) is 15.6 Å². The van der Waals surface area contributed by atoms with E-state index in [0.29, 0.717) is 31.2 Å². The van der Waals surface area contributed by atoms with Gasteiger partial charge >= 0.3 is 0 Å². The second-order valence-corrected chi connectivity index (χ2v) is 5.79. The molecular weight excluding hydrogens is 450 g/mol. The molecule has 0 spiro atoms. The third-order valence-corrected chi connectivity index (χ3v) is 3.48. The minimum Gasteiger partial charge on any atom is -0.488 e. The Morgan fingerprint density at radius 1 is 1.31 bits per heavy atom. The van der Waals surface area contributed by atoms with E-state index in [1.165, 1.54) is 12.1 Å². The van der Waals surface area contributed by atoms with E-state index in [9.17, 15) is 9.18 Å². The topological polar surface area (TPSA) is 66.0 Å². The van der Waals surface area contributed by atoms with E-state index in [0.717, 1.165) is 13.0 Å². The van der Waals surface area contributed by atoms with Gasteiger partial charge in [-0.05, 0) is 25.5 Å². The van der Waals surface area contributed by atoms with Crippen molar-refractivity contribution in [3.05, 3.63) is 30.1 Å². The molecule has 26 heavy (non-hydrogen) atoms. The van der Waals surface area contributed by atoms with Gasteiger partial charge in [0.25, 0.3) is 0 Å². The van der Waals surface area contributed by atoms with Crippen LogP contribution in [0.3, 0.4) is 0 Å². The highest BCUT2D eigenvalue weighted by Crippen LogP contribution is 2.15. The van der Waals surface area contributed by atoms with Crippen LogP contribution in [0, 0.1) is 5.82 Å². The molecule has 0 bridgehead atoms. The van der Waals surface area contributed by atoms with E-state index in [1.807, 2.05) is 13.8 Å². The smallest absolute Gasteiger partial charge is 0.223 e. The van der Waals surface area contributed by atoms with Crippen LogP contribution in [-0.4, -0.2) is 56.6 Å². The van der Waals surface area contributed by atoms with Gasteiger partial charge in [-0.1, -0.05) is 13.0 Å². The lowest BCUT2D eigenvalue weighted by Crippen LogP contribution is -2.40. The van der Waals surface area contributed by atoms with Gasteiger partial charge in [-0.25, -0.2) is 9.38 Å². The summed E-state index contributed by atoms with van der Waals surface area (Å²) in [6, 6.07) is 6.09. The summed E-state index contributed by atoms with van der Waals surface area (Å²) >= 11 is 0. The van der Waals surface area contributed by atoms with Gasteiger partial charge in [-0.2, -0.15) is 0 Å². The number of guanidine groups is 1. The van der Waals surface area contributed by atoms with Crippen molar-refractivity contribution in [2.75, 3.05) is 33.7 Å². The molecule has 0 aromatic heterocycles. The molecule has 0 saturated carbocycles. The molecule has 0 aliphatic rings. The van der Waals surface area contributed by atoms with Crippen LogP contribution in [0.15, 0.2) is 29.3 Å². The summed E-state index contributed by atoms with van der Waals surface area (Å²) in [5.74, 6) is 0.868. The Morgan fingerprint density at radius 3 is 2.62 bits per heavy atom. The lowest BCUT2D eigenvalue weighted by Gasteiger charge is -2.17. The first-order chi connectivity index (χ1) is 12.0. The number of carbonyl (C=O) groups excluding carboxylic acids is 1. The Hall–Kier alpha value is -1.58. The molecule has 1 amide bonds. The summed E-state index contributed by atoms with van der Waals surface area (Å²) in [6.45, 7) is 5.63. The van der Waals surface area contributed by atoms with Gasteiger partial charge in [-0.15, -0.1) is 24.0 Å². The largest absolute Gasteiger partial charge is 0.488 e. The fraction of sp³-hybridized carbons (Fsp3) is 0.556. The summed E-state index contributed by atoms with van der Waals surface area (Å²) < 4.78 is 19.0. The summed E-state index contributed by atoms with van der Waals surface area (Å²) in [4.78, 5) is 17.7. The van der Waals surface area contributed by atoms with Crippen molar-refractivity contribution in [3.63, 3.8) is 0 Å². The first-order valence-electron chi connectivity index (χ1n) is 8.60. The molecule has 1 aromatic rings. The van der Waals surface area contributed by atoms with Crippen molar-refractivity contribution >= 4 is 35.8 Å². The molecule has 0 heterocycles. The number of ether oxygens (including phenoxy) is 1. The van der Waals surface area contributed by atoms with Crippen LogP contribution in [0.25, 0.3) is 0 Å². The summed E-state index contributed by atoms with van der Waals surface area (Å²) in [5, 5.41) is 6.27. The van der Waals surface area contributed by atoms with Crippen molar-refractivity contribution in [2.45, 2.75) is 32.8 Å². The van der Waals surface area contributed by atoms with Gasteiger partial charge in [0.2, 0.25) is 5.91 Å². The second-order valence-electron chi connectivity index (χ2n) is 5.79. The normalized spacial score (nSPS) is 12.0. The number of nitrogens with one attached hydrogen (secondary N) is 2. The molecule has 1 unspecified atom stereocenters. The van der Waals surface area contributed by atoms with Gasteiger partial charge < -0.3 is 20.3 Å². The molecule has 1 aromatic carbocycles. The van der Waals surface area contributed by atoms with Crippen molar-refractivity contribution < 1.29 is 13.9 Å². The molecule has 0 saturated heterocycles. The number of benzene rings is 1. The van der Waals surface area contributed by atoms with Gasteiger partial charge in [0.15, 0.2) is 5.96 Å². The van der Waals surface area contributed by atoms with Gasteiger partial charge in [0, 0.05) is 39.7 Å². The van der Waals surface area contributed by atoms with E-state index in [4.69, 9.17) is 4.74 Å². The average molecular weight is 480 g/mol. The predicted molar refractivity (Wildman–Crippen MR) is 114 cm³/mol. The Bertz CT molecular complexity index is 570. The molecule has 1 atom stereocenters. The SMILES string of the molecule is CCNC(=NCC(CC)Oc1cccc(F)c1)NCCC(=O)N(C)C.I. The molecule has 0 aliphatic carbocycles. The van der Waals surface area contributed by atoms with E-state index >= 15 is 0 Å². The molecule has 0 aliphatic heterocycles. The van der Waals surface area contributed by atoms with Crippen molar-refractivity contribution in [2.24, 2.45) is 4.99 Å². The number of nitrogens with zero attached hydrogens (tertiary/aromatic N) is 2. The third kappa shape index (κ3) is 9.79. The quantitative estimate of drug-likeness (QED) is 0.324. The predicted octanol–water partition coefficient (Wildman–Crippen LogP) is 2.63. The highest BCUT2D eigenvalue weighted by atomic mass is 127. The molecule has 148 valence electrons. The van der Waals surface area contributed by atoms with Gasteiger partial charge in [0.1, 0.15) is 17.7 Å². The van der Waals surface area contributed by atoms with Crippen LogP contribution in [0.1, 0.15) is 26.7 Å². The Morgan fingerprint density at radius 2 is 2.04 bits per heavy atom. The summed E-state index contributed by atoms with van der Waals surface area (Å²) in [6.07, 6.45) is 0.994. The van der Waals surface area contributed by atoms with Crippen LogP contribution in [0.4, 0.5) is 4.39 Å². The first-order valence-corrected chi connectivity index (χ1v) is 8.60. The van der Waals surface area contributed by atoms with Crippen LogP contribution in [0.2, 0.25) is 0 Å². The maximum absolute atomic E-state index is 13.2. The summed E-state index contributed by atoms with van der Waals surface area (Å²) in [7, 11) is 3.47. The zero-order valence-corrected chi connectivity index (χ0v) is 18.2. The van der Waals surface area contributed by atoms with Crippen LogP contribution >= 0.6 is 24.0 Å². The molecule has 0 radical (unpaired) electrons. The lowest BCUT2D eigenvalue weighted by molar-refractivity contribution is -0.128. The van der Waals surface area contributed by atoms with Gasteiger partial charge in [0.05, 0.1) is 6.54 Å². The molecular formula is C18H30FIN4O2. The maximum Gasteiger partial charge on any atom is 0.223 e. The number of halogens is 2. The van der Waals surface area contributed by atoms with Crippen LogP contribution in [-0.2, 0) is 4.79 Å². The minimum absolute atomic E-state index is 0. The number of rotatable bonds is 9. The standard InChI is InChI=1S/C18H29FN4O2.HI/c1-5-15(25-16-9-7-8-14(19)12-16)13-22-18(20-6-2)21-11-10-17(24)23(3)4;/h7-9,12,15H,5-6,10-11,13H2,1-4H3,(H2,20,21,22);1H. The Kier molecular flexibility index (Phi) is 12.8. The molecule has 0 fully saturated rings. The fourth-order valence-corrected chi connectivity index (χ4v) is 2.03. The zero-order chi connectivity index (χ0) is 18.7. The highest BCUT2D eigenvalue weighted by Gasteiger charge is 2.09. The van der Waals surface area contributed by atoms with E-state index in [-0.39, 0.29) is 41.8 Å². The number of amides is 1. The van der Waals surface area contributed by atoms with Crippen LogP contribution < -0.4 is 15.4 Å². The van der Waals surface area contributed by atoms with Crippen LogP contribution in [0.5, 0.6) is 5.75 Å². The van der Waals surface area contributed by atoms with E-state index < -0.39 is 0 Å². The second kappa shape index (κ2) is 13.6. The van der Waals surface area contributed by atoms with Crippen molar-refractivity contribution in [1.82, 2.24) is 15.5 Å². The Labute approximate surface area is 172 Å². The van der Waals surface area contributed by atoms with Crippen molar-refractivity contribution in [1.29, 1.82) is 0 Å². The first kappa shape index (κ1) is 24.4. The number of carbonyl (C=O) groups is 1. The molecule has 2 N–H and O–H groups in total. The lowest BCUT2D eigenvalue weighted by atomic mass is 10.2. The van der Waals surface area contributed by atoms with E-state index in [1.54, 1.807) is 31.1 Å². The van der Waals surface area contributed by atoms with Gasteiger partial charge in [-0.3, -0.25) is 4.79 Å². The molecule has 8 heteroatoms.